The van der Waals surface area contributed by atoms with Crippen molar-refractivity contribution < 1.29 is 9.31 Å². The molecule has 2 heterocycles. The number of nitro benzene ring substituents is 1. The Hall–Kier alpha value is -2.70. The molecule has 0 radical (unpaired) electrons. The van der Waals surface area contributed by atoms with Crippen molar-refractivity contribution >= 4 is 17.2 Å². The Morgan fingerprint density at radius 2 is 2.04 bits per heavy atom. The fourth-order valence-corrected chi connectivity index (χ4v) is 2.66. The molecule has 1 saturated heterocycles. The summed E-state index contributed by atoms with van der Waals surface area (Å²) in [5, 5.41) is 13.9. The zero-order valence-corrected chi connectivity index (χ0v) is 12.5. The van der Waals surface area contributed by atoms with E-state index in [-0.39, 0.29) is 11.4 Å². The highest BCUT2D eigenvalue weighted by molar-refractivity contribution is 5.61. The van der Waals surface area contributed by atoms with Gasteiger partial charge < -0.3 is 10.2 Å². The van der Waals surface area contributed by atoms with E-state index in [4.69, 9.17) is 0 Å². The van der Waals surface area contributed by atoms with E-state index in [1.54, 1.807) is 6.20 Å². The summed E-state index contributed by atoms with van der Waals surface area (Å²) in [5.74, 6) is 0.434. The van der Waals surface area contributed by atoms with Gasteiger partial charge in [-0.1, -0.05) is 6.07 Å². The Balaban J connectivity index is 1.68. The lowest BCUT2D eigenvalue weighted by Gasteiger charge is -2.16. The summed E-state index contributed by atoms with van der Waals surface area (Å²) in [5.41, 5.74) is 0.901. The van der Waals surface area contributed by atoms with Gasteiger partial charge in [-0.25, -0.2) is 9.37 Å². The Bertz CT molecular complexity index is 700. The minimum absolute atomic E-state index is 0.145. The molecule has 0 amide bonds. The maximum absolute atomic E-state index is 13.3. The number of halogens is 1. The lowest BCUT2D eigenvalue weighted by molar-refractivity contribution is -0.384. The summed E-state index contributed by atoms with van der Waals surface area (Å²) in [6.07, 6.45) is 4.12. The summed E-state index contributed by atoms with van der Waals surface area (Å²) in [6, 6.07) is 7.24. The molecule has 1 aliphatic rings. The largest absolute Gasteiger partial charge is 0.375 e. The van der Waals surface area contributed by atoms with Crippen molar-refractivity contribution in [3.05, 3.63) is 58.0 Å². The van der Waals surface area contributed by atoms with Gasteiger partial charge >= 0.3 is 0 Å². The molecule has 1 aromatic heterocycles. The second-order valence-corrected chi connectivity index (χ2v) is 5.49. The van der Waals surface area contributed by atoms with Gasteiger partial charge in [-0.05, 0) is 30.5 Å². The number of hydrogen-bond donors (Lipinski definition) is 1. The van der Waals surface area contributed by atoms with E-state index >= 15 is 0 Å². The van der Waals surface area contributed by atoms with Crippen LogP contribution in [0.5, 0.6) is 0 Å². The van der Waals surface area contributed by atoms with E-state index in [0.717, 1.165) is 42.7 Å². The third-order valence-electron chi connectivity index (χ3n) is 3.88. The first-order chi connectivity index (χ1) is 11.1. The van der Waals surface area contributed by atoms with Gasteiger partial charge in [-0.3, -0.25) is 10.1 Å². The predicted octanol–water partition coefficient (Wildman–Crippen LogP) is 3.34. The van der Waals surface area contributed by atoms with E-state index in [1.165, 1.54) is 12.8 Å². The highest BCUT2D eigenvalue weighted by atomic mass is 19.1. The van der Waals surface area contributed by atoms with Crippen LogP contribution >= 0.6 is 0 Å². The summed E-state index contributed by atoms with van der Waals surface area (Å²) < 4.78 is 13.3. The third-order valence-corrected chi connectivity index (χ3v) is 3.88. The van der Waals surface area contributed by atoms with Crippen molar-refractivity contribution in [2.45, 2.75) is 19.4 Å². The molecule has 3 rings (SSSR count). The second kappa shape index (κ2) is 6.60. The van der Waals surface area contributed by atoms with Gasteiger partial charge in [-0.15, -0.1) is 0 Å². The fourth-order valence-electron chi connectivity index (χ4n) is 2.66. The summed E-state index contributed by atoms with van der Waals surface area (Å²) in [4.78, 5) is 17.1. The number of hydrogen-bond acceptors (Lipinski definition) is 5. The standard InChI is InChI=1S/C16H17FN4O2/c17-13-4-5-15(21(22)23)14(9-13)18-10-12-3-6-16(19-11-12)20-7-1-2-8-20/h3-6,9,11,18H,1-2,7-8,10H2. The zero-order chi connectivity index (χ0) is 16.2. The Morgan fingerprint density at radius 3 is 2.70 bits per heavy atom. The number of nitrogens with one attached hydrogen (secondary N) is 1. The molecule has 23 heavy (non-hydrogen) atoms. The van der Waals surface area contributed by atoms with Crippen LogP contribution in [-0.2, 0) is 6.54 Å². The average molecular weight is 316 g/mol. The summed E-state index contributed by atoms with van der Waals surface area (Å²) in [7, 11) is 0. The first kappa shape index (κ1) is 15.2. The molecule has 7 heteroatoms. The summed E-state index contributed by atoms with van der Waals surface area (Å²) >= 11 is 0. The number of rotatable bonds is 5. The molecule has 1 fully saturated rings. The average Bonchev–Trinajstić information content (AvgIpc) is 3.07. The predicted molar refractivity (Wildman–Crippen MR) is 86.1 cm³/mol. The summed E-state index contributed by atoms with van der Waals surface area (Å²) in [6.45, 7) is 2.40. The van der Waals surface area contributed by atoms with E-state index in [9.17, 15) is 14.5 Å². The monoisotopic (exact) mass is 316 g/mol. The number of nitro groups is 1. The molecule has 1 N–H and O–H groups in total. The Morgan fingerprint density at radius 1 is 1.26 bits per heavy atom. The normalized spacial score (nSPS) is 14.0. The molecular formula is C16H17FN4O2. The Labute approximate surface area is 133 Å². The molecule has 0 aliphatic carbocycles. The van der Waals surface area contributed by atoms with Crippen LogP contribution in [0, 0.1) is 15.9 Å². The quantitative estimate of drug-likeness (QED) is 0.676. The number of nitrogens with zero attached hydrogens (tertiary/aromatic N) is 3. The minimum Gasteiger partial charge on any atom is -0.375 e. The van der Waals surface area contributed by atoms with Gasteiger partial charge in [0.2, 0.25) is 0 Å². The van der Waals surface area contributed by atoms with Crippen molar-refractivity contribution in [3.8, 4) is 0 Å². The molecule has 0 unspecified atom stereocenters. The van der Waals surface area contributed by atoms with E-state index in [2.05, 4.69) is 15.2 Å². The smallest absolute Gasteiger partial charge is 0.292 e. The van der Waals surface area contributed by atoms with E-state index in [1.807, 2.05) is 12.1 Å². The number of aromatic nitrogens is 1. The van der Waals surface area contributed by atoms with Crippen molar-refractivity contribution in [2.75, 3.05) is 23.3 Å². The molecule has 0 atom stereocenters. The molecule has 0 spiro atoms. The van der Waals surface area contributed by atoms with Crippen LogP contribution in [0.2, 0.25) is 0 Å². The van der Waals surface area contributed by atoms with Gasteiger partial charge in [0.25, 0.3) is 5.69 Å². The van der Waals surface area contributed by atoms with Gasteiger partial charge in [-0.2, -0.15) is 0 Å². The molecule has 1 aliphatic heterocycles. The first-order valence-electron chi connectivity index (χ1n) is 7.51. The highest BCUT2D eigenvalue weighted by Crippen LogP contribution is 2.25. The van der Waals surface area contributed by atoms with Gasteiger partial charge in [0.05, 0.1) is 4.92 Å². The maximum Gasteiger partial charge on any atom is 0.292 e. The van der Waals surface area contributed by atoms with Crippen molar-refractivity contribution in [3.63, 3.8) is 0 Å². The lowest BCUT2D eigenvalue weighted by atomic mass is 10.2. The van der Waals surface area contributed by atoms with Crippen molar-refractivity contribution in [2.24, 2.45) is 0 Å². The van der Waals surface area contributed by atoms with Crippen LogP contribution in [0.15, 0.2) is 36.5 Å². The Kier molecular flexibility index (Phi) is 4.36. The van der Waals surface area contributed by atoms with Crippen molar-refractivity contribution in [1.82, 2.24) is 4.98 Å². The second-order valence-electron chi connectivity index (χ2n) is 5.49. The van der Waals surface area contributed by atoms with E-state index in [0.29, 0.717) is 6.54 Å². The molecule has 6 nitrogen and oxygen atoms in total. The van der Waals surface area contributed by atoms with Crippen LogP contribution in [-0.4, -0.2) is 23.0 Å². The van der Waals surface area contributed by atoms with E-state index < -0.39 is 10.7 Å². The SMILES string of the molecule is O=[N+]([O-])c1ccc(F)cc1NCc1ccc(N2CCCC2)nc1. The maximum atomic E-state index is 13.3. The van der Waals surface area contributed by atoms with Gasteiger partial charge in [0.15, 0.2) is 0 Å². The van der Waals surface area contributed by atoms with Gasteiger partial charge in [0.1, 0.15) is 17.3 Å². The third kappa shape index (κ3) is 3.56. The molecule has 1 aromatic carbocycles. The van der Waals surface area contributed by atoms with Crippen LogP contribution in [0.25, 0.3) is 0 Å². The molecule has 0 bridgehead atoms. The number of pyridine rings is 1. The van der Waals surface area contributed by atoms with Crippen LogP contribution < -0.4 is 10.2 Å². The topological polar surface area (TPSA) is 71.3 Å². The van der Waals surface area contributed by atoms with Gasteiger partial charge in [0, 0.05) is 38.0 Å². The fraction of sp³-hybridized carbons (Fsp3) is 0.312. The first-order valence-corrected chi connectivity index (χ1v) is 7.51. The number of anilines is 2. The molecule has 120 valence electrons. The zero-order valence-electron chi connectivity index (χ0n) is 12.5. The lowest BCUT2D eigenvalue weighted by Crippen LogP contribution is -2.18. The highest BCUT2D eigenvalue weighted by Gasteiger charge is 2.15. The molecule has 2 aromatic rings. The van der Waals surface area contributed by atoms with Crippen molar-refractivity contribution in [1.29, 1.82) is 0 Å². The number of benzene rings is 1. The minimum atomic E-state index is -0.531. The van der Waals surface area contributed by atoms with Crippen LogP contribution in [0.3, 0.4) is 0 Å². The molecular weight excluding hydrogens is 299 g/mol. The van der Waals surface area contributed by atoms with Crippen LogP contribution in [0.1, 0.15) is 18.4 Å². The molecule has 0 saturated carbocycles. The van der Waals surface area contributed by atoms with Crippen LogP contribution in [0.4, 0.5) is 21.6 Å².